The van der Waals surface area contributed by atoms with E-state index in [1.165, 1.54) is 34.6 Å². The van der Waals surface area contributed by atoms with Crippen LogP contribution in [-0.2, 0) is 10.0 Å². The molecule has 0 atom stereocenters. The highest BCUT2D eigenvalue weighted by atomic mass is 35.5. The summed E-state index contributed by atoms with van der Waals surface area (Å²) in [4.78, 5) is 12.9. The first-order valence-corrected chi connectivity index (χ1v) is 11.7. The molecule has 1 amide bonds. The van der Waals surface area contributed by atoms with Crippen molar-refractivity contribution in [1.82, 2.24) is 4.31 Å². The maximum Gasteiger partial charge on any atom is 0.255 e. The van der Waals surface area contributed by atoms with Gasteiger partial charge >= 0.3 is 0 Å². The molecule has 0 fully saturated rings. The predicted octanol–water partition coefficient (Wildman–Crippen LogP) is 4.44. The van der Waals surface area contributed by atoms with Gasteiger partial charge < -0.3 is 14.8 Å². The Labute approximate surface area is 185 Å². The summed E-state index contributed by atoms with van der Waals surface area (Å²) in [5, 5.41) is 3.12. The second kappa shape index (κ2) is 9.43. The van der Waals surface area contributed by atoms with Crippen LogP contribution in [0.3, 0.4) is 0 Å². The number of ether oxygens (including phenoxy) is 2. The Balaban J connectivity index is 1.91. The number of benzene rings is 2. The summed E-state index contributed by atoms with van der Waals surface area (Å²) >= 11 is 12.5. The van der Waals surface area contributed by atoms with E-state index in [-0.39, 0.29) is 26.2 Å². The van der Waals surface area contributed by atoms with E-state index in [1.54, 1.807) is 13.8 Å². The molecule has 1 heterocycles. The minimum absolute atomic E-state index is 0.0441. The molecule has 0 bridgehead atoms. The van der Waals surface area contributed by atoms with Gasteiger partial charge in [-0.3, -0.25) is 4.79 Å². The first-order chi connectivity index (χ1) is 14.3. The zero-order chi connectivity index (χ0) is 21.9. The maximum atomic E-state index is 12.8. The Morgan fingerprint density at radius 1 is 1.07 bits per heavy atom. The fourth-order valence-electron chi connectivity index (χ4n) is 3.03. The fraction of sp³-hybridized carbons (Fsp3) is 0.350. The number of carbonyl (C=O) groups excluding carboxylic acids is 1. The molecule has 0 saturated carbocycles. The van der Waals surface area contributed by atoms with Crippen molar-refractivity contribution in [3.63, 3.8) is 0 Å². The minimum atomic E-state index is -3.70. The smallest absolute Gasteiger partial charge is 0.255 e. The third-order valence-electron chi connectivity index (χ3n) is 4.59. The van der Waals surface area contributed by atoms with E-state index in [4.69, 9.17) is 32.7 Å². The summed E-state index contributed by atoms with van der Waals surface area (Å²) in [6, 6.07) is 7.20. The second-order valence-corrected chi connectivity index (χ2v) is 9.27. The molecule has 0 saturated heterocycles. The highest BCUT2D eigenvalue weighted by Gasteiger charge is 2.24. The van der Waals surface area contributed by atoms with E-state index in [0.29, 0.717) is 44.2 Å². The molecule has 1 N–H and O–H groups in total. The van der Waals surface area contributed by atoms with Crippen molar-refractivity contribution in [3.05, 3.63) is 45.9 Å². The highest BCUT2D eigenvalue weighted by molar-refractivity contribution is 7.89. The van der Waals surface area contributed by atoms with Gasteiger partial charge in [-0.25, -0.2) is 8.42 Å². The Bertz CT molecular complexity index is 1060. The second-order valence-electron chi connectivity index (χ2n) is 6.52. The minimum Gasteiger partial charge on any atom is -0.489 e. The summed E-state index contributed by atoms with van der Waals surface area (Å²) in [5.41, 5.74) is 0.412. The van der Waals surface area contributed by atoms with Gasteiger partial charge in [0, 0.05) is 25.1 Å². The van der Waals surface area contributed by atoms with Crippen LogP contribution >= 0.6 is 23.2 Å². The molecule has 0 aliphatic carbocycles. The van der Waals surface area contributed by atoms with Crippen LogP contribution in [0.15, 0.2) is 35.2 Å². The predicted molar refractivity (Wildman–Crippen MR) is 117 cm³/mol. The molecule has 30 heavy (non-hydrogen) atoms. The molecule has 7 nitrogen and oxygen atoms in total. The first kappa shape index (κ1) is 22.7. The molecule has 3 rings (SSSR count). The van der Waals surface area contributed by atoms with Crippen LogP contribution in [0.1, 0.15) is 30.6 Å². The Morgan fingerprint density at radius 3 is 2.47 bits per heavy atom. The molecule has 0 unspecified atom stereocenters. The maximum absolute atomic E-state index is 12.8. The number of sulfonamides is 1. The number of hydrogen-bond acceptors (Lipinski definition) is 5. The molecule has 0 aromatic heterocycles. The average molecular weight is 473 g/mol. The Hall–Kier alpha value is -2.00. The lowest BCUT2D eigenvalue weighted by Gasteiger charge is -2.19. The lowest BCUT2D eigenvalue weighted by atomic mass is 10.1. The largest absolute Gasteiger partial charge is 0.489 e. The number of fused-ring (bicyclic) bond motifs is 1. The number of anilines is 1. The van der Waals surface area contributed by atoms with Gasteiger partial charge in [-0.15, -0.1) is 0 Å². The molecule has 0 spiro atoms. The number of amides is 1. The van der Waals surface area contributed by atoms with Gasteiger partial charge in [0.1, 0.15) is 0 Å². The number of halogens is 2. The van der Waals surface area contributed by atoms with Crippen LogP contribution in [0.2, 0.25) is 10.0 Å². The third-order valence-corrected chi connectivity index (χ3v) is 7.25. The molecule has 1 aliphatic heterocycles. The topological polar surface area (TPSA) is 84.9 Å². The Kier molecular flexibility index (Phi) is 7.13. The van der Waals surface area contributed by atoms with Crippen molar-refractivity contribution >= 4 is 44.8 Å². The van der Waals surface area contributed by atoms with Gasteiger partial charge in [-0.05, 0) is 30.3 Å². The van der Waals surface area contributed by atoms with Crippen LogP contribution in [0.25, 0.3) is 0 Å². The van der Waals surface area contributed by atoms with Crippen LogP contribution in [-0.4, -0.2) is 44.9 Å². The molecule has 0 radical (unpaired) electrons. The van der Waals surface area contributed by atoms with Crippen LogP contribution in [0.5, 0.6) is 11.5 Å². The third kappa shape index (κ3) is 4.67. The standard InChI is InChI=1S/C20H22Cl2N2O5S/c1-3-24(4-2)30(26,27)14-6-7-15(21)17(12-14)23-20(25)13-10-16(22)19-18(11-13)28-8-5-9-29-19/h6-7,10-12H,3-5,8-9H2,1-2H3,(H,23,25). The molecule has 162 valence electrons. The fourth-order valence-corrected chi connectivity index (χ4v) is 4.94. The lowest BCUT2D eigenvalue weighted by Crippen LogP contribution is -2.30. The van der Waals surface area contributed by atoms with Gasteiger partial charge in [-0.1, -0.05) is 37.0 Å². The van der Waals surface area contributed by atoms with Gasteiger partial charge in [0.2, 0.25) is 10.0 Å². The summed E-state index contributed by atoms with van der Waals surface area (Å²) in [7, 11) is -3.70. The van der Waals surface area contributed by atoms with E-state index in [2.05, 4.69) is 5.32 Å². The van der Waals surface area contributed by atoms with Gasteiger partial charge in [-0.2, -0.15) is 4.31 Å². The summed E-state index contributed by atoms with van der Waals surface area (Å²) in [6.07, 6.45) is 0.704. The average Bonchev–Trinajstić information content (AvgIpc) is 2.96. The van der Waals surface area contributed by atoms with Crippen molar-refractivity contribution in [1.29, 1.82) is 0 Å². The normalized spacial score (nSPS) is 13.8. The molecule has 2 aromatic rings. The zero-order valence-electron chi connectivity index (χ0n) is 16.6. The highest BCUT2D eigenvalue weighted by Crippen LogP contribution is 2.38. The van der Waals surface area contributed by atoms with Crippen molar-refractivity contribution < 1.29 is 22.7 Å². The monoisotopic (exact) mass is 472 g/mol. The SMILES string of the molecule is CCN(CC)S(=O)(=O)c1ccc(Cl)c(NC(=O)c2cc(Cl)c3c(c2)OCCCO3)c1. The van der Waals surface area contributed by atoms with E-state index in [0.717, 1.165) is 0 Å². The van der Waals surface area contributed by atoms with Crippen LogP contribution in [0.4, 0.5) is 5.69 Å². The first-order valence-electron chi connectivity index (χ1n) is 9.48. The molecule has 1 aliphatic rings. The molecule has 2 aromatic carbocycles. The van der Waals surface area contributed by atoms with Gasteiger partial charge in [0.15, 0.2) is 11.5 Å². The van der Waals surface area contributed by atoms with Crippen molar-refractivity contribution in [2.75, 3.05) is 31.6 Å². The Morgan fingerprint density at radius 2 is 1.77 bits per heavy atom. The quantitative estimate of drug-likeness (QED) is 0.671. The van der Waals surface area contributed by atoms with Gasteiger partial charge in [0.25, 0.3) is 5.91 Å². The summed E-state index contributed by atoms with van der Waals surface area (Å²) in [6.45, 7) is 5.10. The number of nitrogens with zero attached hydrogens (tertiary/aromatic N) is 1. The molecule has 10 heteroatoms. The zero-order valence-corrected chi connectivity index (χ0v) is 18.9. The van der Waals surface area contributed by atoms with E-state index < -0.39 is 15.9 Å². The van der Waals surface area contributed by atoms with E-state index in [9.17, 15) is 13.2 Å². The molecular formula is C20H22Cl2N2O5S. The number of carbonyl (C=O) groups is 1. The van der Waals surface area contributed by atoms with Crippen LogP contribution < -0.4 is 14.8 Å². The van der Waals surface area contributed by atoms with Crippen molar-refractivity contribution in [2.24, 2.45) is 0 Å². The van der Waals surface area contributed by atoms with Crippen molar-refractivity contribution in [3.8, 4) is 11.5 Å². The van der Waals surface area contributed by atoms with Gasteiger partial charge in [0.05, 0.1) is 33.8 Å². The van der Waals surface area contributed by atoms with E-state index in [1.807, 2.05) is 0 Å². The van der Waals surface area contributed by atoms with E-state index >= 15 is 0 Å². The number of rotatable bonds is 6. The number of hydrogen-bond donors (Lipinski definition) is 1. The summed E-state index contributed by atoms with van der Waals surface area (Å²) < 4.78 is 38.0. The summed E-state index contributed by atoms with van der Waals surface area (Å²) in [5.74, 6) is 0.275. The number of nitrogens with one attached hydrogen (secondary N) is 1. The van der Waals surface area contributed by atoms with Crippen molar-refractivity contribution in [2.45, 2.75) is 25.2 Å². The van der Waals surface area contributed by atoms with Crippen LogP contribution in [0, 0.1) is 0 Å². The lowest BCUT2D eigenvalue weighted by molar-refractivity contribution is 0.102. The molecular weight excluding hydrogens is 451 g/mol.